The lowest BCUT2D eigenvalue weighted by Crippen LogP contribution is -1.99. The van der Waals surface area contributed by atoms with Crippen LogP contribution in [-0.2, 0) is 0 Å². The maximum atomic E-state index is 11.2. The summed E-state index contributed by atoms with van der Waals surface area (Å²) >= 11 is 0. The molecule has 0 saturated heterocycles. The molecule has 64 valence electrons. The van der Waals surface area contributed by atoms with Crippen LogP contribution in [0.25, 0.3) is 0 Å². The van der Waals surface area contributed by atoms with Gasteiger partial charge in [0.15, 0.2) is 0 Å². The lowest BCUT2D eigenvalue weighted by atomic mass is 10.7. The molecule has 0 spiro atoms. The van der Waals surface area contributed by atoms with Crippen LogP contribution in [0.4, 0.5) is 19.4 Å². The van der Waals surface area contributed by atoms with E-state index in [1.165, 1.54) is 0 Å². The fourth-order valence-corrected chi connectivity index (χ4v) is 0.675. The summed E-state index contributed by atoms with van der Waals surface area (Å²) in [5, 5.41) is 6.58. The van der Waals surface area contributed by atoms with Crippen LogP contribution in [0.5, 0.6) is 0 Å². The van der Waals surface area contributed by atoms with Crippen molar-refractivity contribution in [2.45, 2.75) is 0 Å². The van der Waals surface area contributed by atoms with E-state index in [0.717, 1.165) is 0 Å². The Bertz CT molecular complexity index is 153. The molecule has 0 fully saturated rings. The Hall–Kier alpha value is -0.300. The molecule has 0 aliphatic carbocycles. The number of aliphatic hydroxyl groups excluding tert-OH is 1. The highest BCUT2D eigenvalue weighted by Gasteiger charge is 2.60. The number of aliphatic hydroxyl groups is 1. The highest BCUT2D eigenvalue weighted by Crippen LogP contribution is 2.98. The molecule has 0 amide bonds. The summed E-state index contributed by atoms with van der Waals surface area (Å²) in [4.78, 5) is 0. The second-order valence-corrected chi connectivity index (χ2v) is 3.91. The van der Waals surface area contributed by atoms with Gasteiger partial charge in [-0.25, -0.2) is 0 Å². The highest BCUT2D eigenvalue weighted by atomic mass is 32.5. The van der Waals surface area contributed by atoms with Crippen molar-refractivity contribution >= 4 is 10.2 Å². The SMILES string of the molecule is OCC=CS(F)(F)(F)(F)F. The molecule has 7 heteroatoms. The van der Waals surface area contributed by atoms with Gasteiger partial charge in [0, 0.05) is 0 Å². The Morgan fingerprint density at radius 1 is 1.10 bits per heavy atom. The van der Waals surface area contributed by atoms with Crippen LogP contribution < -0.4 is 0 Å². The molecule has 10 heavy (non-hydrogen) atoms. The molecule has 0 aliphatic heterocycles. The van der Waals surface area contributed by atoms with Crippen LogP contribution in [0.15, 0.2) is 11.5 Å². The summed E-state index contributed by atoms with van der Waals surface area (Å²) in [5.41, 5.74) is 0. The lowest BCUT2D eigenvalue weighted by molar-refractivity contribution is 0.340. The monoisotopic (exact) mass is 184 g/mol. The first-order valence-electron chi connectivity index (χ1n) is 2.07. The molecule has 0 aromatic carbocycles. The Labute approximate surface area is 53.9 Å². The molecule has 1 N–H and O–H groups in total. The van der Waals surface area contributed by atoms with Crippen LogP contribution >= 0.6 is 10.2 Å². The van der Waals surface area contributed by atoms with Crippen LogP contribution in [0.3, 0.4) is 0 Å². The van der Waals surface area contributed by atoms with Crippen molar-refractivity contribution in [2.24, 2.45) is 0 Å². The van der Waals surface area contributed by atoms with Gasteiger partial charge in [-0.2, -0.15) is 0 Å². The summed E-state index contributed by atoms with van der Waals surface area (Å²) in [7, 11) is -9.40. The Balaban J connectivity index is 4.58. The van der Waals surface area contributed by atoms with Gasteiger partial charge in [-0.15, -0.1) is 0 Å². The molecular weight excluding hydrogens is 179 g/mol. The normalized spacial score (nSPS) is 20.6. The van der Waals surface area contributed by atoms with Gasteiger partial charge in [-0.3, -0.25) is 0 Å². The fraction of sp³-hybridized carbons (Fsp3) is 0.333. The minimum absolute atomic E-state index is 0.0401. The van der Waals surface area contributed by atoms with E-state index in [-0.39, 0.29) is 6.08 Å². The van der Waals surface area contributed by atoms with Crippen molar-refractivity contribution in [2.75, 3.05) is 6.61 Å². The molecule has 0 aromatic heterocycles. The van der Waals surface area contributed by atoms with Crippen LogP contribution in [0.1, 0.15) is 0 Å². The molecule has 0 radical (unpaired) electrons. The number of rotatable bonds is 2. The Morgan fingerprint density at radius 2 is 1.50 bits per heavy atom. The van der Waals surface area contributed by atoms with Crippen molar-refractivity contribution in [3.05, 3.63) is 11.5 Å². The number of halogens is 5. The third-order valence-electron chi connectivity index (χ3n) is 0.459. The third-order valence-corrected chi connectivity index (χ3v) is 1.17. The summed E-state index contributed by atoms with van der Waals surface area (Å²) in [5.74, 6) is 0. The van der Waals surface area contributed by atoms with Crippen LogP contribution in [-0.4, -0.2) is 11.7 Å². The number of hydrogen-bond donors (Lipinski definition) is 1. The predicted octanol–water partition coefficient (Wildman–Crippen LogP) is 2.79. The third kappa shape index (κ3) is 7.70. The van der Waals surface area contributed by atoms with Gasteiger partial charge >= 0.3 is 10.2 Å². The topological polar surface area (TPSA) is 20.2 Å². The molecule has 0 unspecified atom stereocenters. The lowest BCUT2D eigenvalue weighted by Gasteiger charge is -2.36. The van der Waals surface area contributed by atoms with E-state index in [0.29, 0.717) is 0 Å². The first-order chi connectivity index (χ1) is 4.04. The van der Waals surface area contributed by atoms with Crippen LogP contribution in [0.2, 0.25) is 0 Å². The zero-order valence-corrected chi connectivity index (χ0v) is 5.42. The van der Waals surface area contributed by atoms with E-state index in [1.807, 2.05) is 0 Å². The largest absolute Gasteiger partial charge is 0.392 e. The fourth-order valence-electron chi connectivity index (χ4n) is 0.225. The molecular formula is C3H5F5OS. The second kappa shape index (κ2) is 1.65. The van der Waals surface area contributed by atoms with Gasteiger partial charge in [0.05, 0.1) is 12.0 Å². The van der Waals surface area contributed by atoms with Gasteiger partial charge in [-0.1, -0.05) is 19.4 Å². The maximum Gasteiger partial charge on any atom is 0.304 e. The average molecular weight is 184 g/mol. The van der Waals surface area contributed by atoms with Crippen molar-refractivity contribution in [1.82, 2.24) is 0 Å². The minimum atomic E-state index is -9.40. The standard InChI is InChI=1S/C3H5F5OS/c4-10(5,6,7,8)3-1-2-9/h1,3,9H,2H2. The summed E-state index contributed by atoms with van der Waals surface area (Å²) in [6.45, 7) is -1.05. The zero-order valence-electron chi connectivity index (χ0n) is 4.61. The Kier molecular flexibility index (Phi) is 1.60. The molecule has 0 bridgehead atoms. The molecule has 0 atom stereocenters. The first kappa shape index (κ1) is 9.70. The maximum absolute atomic E-state index is 11.2. The van der Waals surface area contributed by atoms with E-state index in [2.05, 4.69) is 0 Å². The summed E-state index contributed by atoms with van der Waals surface area (Å²) in [6.07, 6.45) is -0.0401. The van der Waals surface area contributed by atoms with E-state index >= 15 is 0 Å². The van der Waals surface area contributed by atoms with E-state index in [4.69, 9.17) is 5.11 Å². The van der Waals surface area contributed by atoms with Gasteiger partial charge in [0.1, 0.15) is 0 Å². The average Bonchev–Trinajstić information content (AvgIpc) is 1.55. The highest BCUT2D eigenvalue weighted by molar-refractivity contribution is 8.48. The van der Waals surface area contributed by atoms with Crippen molar-refractivity contribution in [3.63, 3.8) is 0 Å². The molecule has 0 aliphatic rings. The van der Waals surface area contributed by atoms with Crippen molar-refractivity contribution < 1.29 is 24.5 Å². The van der Waals surface area contributed by atoms with Crippen molar-refractivity contribution in [1.29, 1.82) is 0 Å². The van der Waals surface area contributed by atoms with Gasteiger partial charge in [0.2, 0.25) is 0 Å². The van der Waals surface area contributed by atoms with E-state index < -0.39 is 22.2 Å². The quantitative estimate of drug-likeness (QED) is 0.654. The van der Waals surface area contributed by atoms with Crippen molar-refractivity contribution in [3.8, 4) is 0 Å². The summed E-state index contributed by atoms with van der Waals surface area (Å²) < 4.78 is 56.0. The zero-order chi connectivity index (χ0) is 8.53. The predicted molar refractivity (Wildman–Crippen MR) is 29.4 cm³/mol. The molecule has 0 saturated carbocycles. The smallest absolute Gasteiger partial charge is 0.304 e. The van der Waals surface area contributed by atoms with E-state index in [9.17, 15) is 19.4 Å². The van der Waals surface area contributed by atoms with Gasteiger partial charge in [-0.05, 0) is 6.08 Å². The molecule has 0 heterocycles. The van der Waals surface area contributed by atoms with Gasteiger partial charge < -0.3 is 5.11 Å². The molecule has 0 aromatic rings. The Morgan fingerprint density at radius 3 is 1.60 bits per heavy atom. The minimum Gasteiger partial charge on any atom is -0.392 e. The second-order valence-electron chi connectivity index (χ2n) is 1.58. The summed E-state index contributed by atoms with van der Waals surface area (Å²) in [6, 6.07) is 0. The van der Waals surface area contributed by atoms with Gasteiger partial charge in [0.25, 0.3) is 0 Å². The number of hydrogen-bond acceptors (Lipinski definition) is 1. The first-order valence-corrected chi connectivity index (χ1v) is 4.08. The van der Waals surface area contributed by atoms with E-state index in [1.54, 1.807) is 0 Å². The molecule has 0 rings (SSSR count). The molecule has 1 nitrogen and oxygen atoms in total. The van der Waals surface area contributed by atoms with Crippen LogP contribution in [0, 0.1) is 0 Å².